The number of imide groups is 1. The molecule has 1 aromatic heterocycles. The lowest BCUT2D eigenvalue weighted by Gasteiger charge is -2.25. The monoisotopic (exact) mass is 284 g/mol. The van der Waals surface area contributed by atoms with E-state index in [1.165, 1.54) is 25.4 Å². The first-order valence-electron chi connectivity index (χ1n) is 5.40. The Morgan fingerprint density at radius 3 is 2.53 bits per heavy atom. The van der Waals surface area contributed by atoms with Gasteiger partial charge in [0.25, 0.3) is 0 Å². The number of piperazine rings is 1. The van der Waals surface area contributed by atoms with E-state index in [4.69, 9.17) is 0 Å². The molecule has 2 rings (SSSR count). The topological polar surface area (TPSA) is 108 Å². The number of carbonyl (C=O) groups excluding carboxylic acids is 2. The summed E-state index contributed by atoms with van der Waals surface area (Å²) >= 11 is 0. The van der Waals surface area contributed by atoms with Crippen LogP contribution in [0, 0.1) is 0 Å². The van der Waals surface area contributed by atoms with E-state index in [1.807, 2.05) is 5.32 Å². The van der Waals surface area contributed by atoms with Gasteiger partial charge in [0.15, 0.2) is 0 Å². The van der Waals surface area contributed by atoms with E-state index in [1.54, 1.807) is 0 Å². The smallest absolute Gasteiger partial charge is 0.247 e. The molecule has 2 N–H and O–H groups in total. The number of amides is 2. The van der Waals surface area contributed by atoms with E-state index in [9.17, 15) is 18.0 Å². The van der Waals surface area contributed by atoms with Crippen molar-refractivity contribution in [3.63, 3.8) is 0 Å². The second kappa shape index (κ2) is 4.94. The minimum atomic E-state index is -3.94. The Morgan fingerprint density at radius 2 is 1.95 bits per heavy atom. The van der Waals surface area contributed by atoms with E-state index in [-0.39, 0.29) is 23.8 Å². The molecule has 0 unspecified atom stereocenters. The molecule has 1 aliphatic heterocycles. The number of anilines is 1. The summed E-state index contributed by atoms with van der Waals surface area (Å²) in [6.45, 7) is -0.766. The molecule has 1 aliphatic rings. The zero-order chi connectivity index (χ0) is 14.0. The number of hydrogen-bond donors (Lipinski definition) is 2. The molecule has 2 heterocycles. The lowest BCUT2D eigenvalue weighted by atomic mass is 10.4. The summed E-state index contributed by atoms with van der Waals surface area (Å²) in [5.41, 5.74) is 0. The van der Waals surface area contributed by atoms with E-state index in [0.717, 1.165) is 4.31 Å². The van der Waals surface area contributed by atoms with Crippen LogP contribution in [0.25, 0.3) is 0 Å². The van der Waals surface area contributed by atoms with Crippen molar-refractivity contribution in [2.75, 3.05) is 25.5 Å². The SMILES string of the molecule is CNc1ncccc1S(=O)(=O)N1CC(=O)NC(=O)C1. The highest BCUT2D eigenvalue weighted by Crippen LogP contribution is 2.22. The van der Waals surface area contributed by atoms with Crippen LogP contribution in [0.5, 0.6) is 0 Å². The molecule has 0 atom stereocenters. The van der Waals surface area contributed by atoms with Crippen LogP contribution in [-0.2, 0) is 19.6 Å². The summed E-state index contributed by atoms with van der Waals surface area (Å²) in [6, 6.07) is 2.84. The van der Waals surface area contributed by atoms with Gasteiger partial charge < -0.3 is 5.32 Å². The van der Waals surface area contributed by atoms with Crippen molar-refractivity contribution >= 4 is 27.7 Å². The average molecular weight is 284 g/mol. The lowest BCUT2D eigenvalue weighted by Crippen LogP contribution is -2.53. The first-order chi connectivity index (χ1) is 8.95. The number of pyridine rings is 1. The first kappa shape index (κ1) is 13.4. The molecule has 19 heavy (non-hydrogen) atoms. The van der Waals surface area contributed by atoms with Crippen molar-refractivity contribution in [1.82, 2.24) is 14.6 Å². The molecule has 0 bridgehead atoms. The second-order valence-electron chi connectivity index (χ2n) is 3.84. The van der Waals surface area contributed by atoms with Crippen LogP contribution in [0.2, 0.25) is 0 Å². The average Bonchev–Trinajstić information content (AvgIpc) is 2.37. The molecule has 1 saturated heterocycles. The second-order valence-corrected chi connectivity index (χ2v) is 5.75. The van der Waals surface area contributed by atoms with Gasteiger partial charge in [-0.2, -0.15) is 4.31 Å². The molecule has 8 nitrogen and oxygen atoms in total. The third-order valence-electron chi connectivity index (χ3n) is 2.54. The van der Waals surface area contributed by atoms with Gasteiger partial charge in [0, 0.05) is 13.2 Å². The van der Waals surface area contributed by atoms with Gasteiger partial charge in [0.05, 0.1) is 13.1 Å². The number of nitrogens with zero attached hydrogens (tertiary/aromatic N) is 2. The minimum Gasteiger partial charge on any atom is -0.372 e. The van der Waals surface area contributed by atoms with Crippen LogP contribution >= 0.6 is 0 Å². The van der Waals surface area contributed by atoms with Crippen LogP contribution < -0.4 is 10.6 Å². The number of hydrogen-bond acceptors (Lipinski definition) is 6. The predicted molar refractivity (Wildman–Crippen MR) is 65.7 cm³/mol. The molecule has 0 spiro atoms. The number of rotatable bonds is 3. The fourth-order valence-corrected chi connectivity index (χ4v) is 3.21. The summed E-state index contributed by atoms with van der Waals surface area (Å²) in [4.78, 5) is 26.3. The largest absolute Gasteiger partial charge is 0.372 e. The van der Waals surface area contributed by atoms with Gasteiger partial charge in [-0.3, -0.25) is 14.9 Å². The van der Waals surface area contributed by atoms with Gasteiger partial charge in [0.1, 0.15) is 10.7 Å². The summed E-state index contributed by atoms with van der Waals surface area (Å²) in [5.74, 6) is -1.12. The highest BCUT2D eigenvalue weighted by molar-refractivity contribution is 7.89. The van der Waals surface area contributed by atoms with Gasteiger partial charge >= 0.3 is 0 Å². The Bertz CT molecular complexity index is 612. The summed E-state index contributed by atoms with van der Waals surface area (Å²) in [7, 11) is -2.41. The number of sulfonamides is 1. The van der Waals surface area contributed by atoms with Crippen LogP contribution in [0.15, 0.2) is 23.2 Å². The molecule has 0 radical (unpaired) electrons. The number of carbonyl (C=O) groups is 2. The molecule has 2 amide bonds. The highest BCUT2D eigenvalue weighted by atomic mass is 32.2. The molecule has 1 aromatic rings. The Balaban J connectivity index is 2.42. The third kappa shape index (κ3) is 2.56. The number of aromatic nitrogens is 1. The fraction of sp³-hybridized carbons (Fsp3) is 0.300. The van der Waals surface area contributed by atoms with Gasteiger partial charge in [-0.25, -0.2) is 13.4 Å². The van der Waals surface area contributed by atoms with Crippen LogP contribution in [0.4, 0.5) is 5.82 Å². The zero-order valence-electron chi connectivity index (χ0n) is 10.1. The standard InChI is InChI=1S/C10H12N4O4S/c1-11-10-7(3-2-4-12-10)19(17,18)14-5-8(15)13-9(16)6-14/h2-4H,5-6H2,1H3,(H,11,12)(H,13,15,16). The summed E-state index contributed by atoms with van der Waals surface area (Å²) < 4.78 is 25.6. The molecule has 0 aliphatic carbocycles. The summed E-state index contributed by atoms with van der Waals surface area (Å²) in [6.07, 6.45) is 1.44. The first-order valence-corrected chi connectivity index (χ1v) is 6.85. The van der Waals surface area contributed by atoms with Crippen LogP contribution in [-0.4, -0.2) is 49.7 Å². The van der Waals surface area contributed by atoms with Gasteiger partial charge in [0.2, 0.25) is 21.8 Å². The van der Waals surface area contributed by atoms with Gasteiger partial charge in [-0.05, 0) is 12.1 Å². The van der Waals surface area contributed by atoms with E-state index in [0.29, 0.717) is 0 Å². The Hall–Kier alpha value is -2.00. The van der Waals surface area contributed by atoms with E-state index < -0.39 is 21.8 Å². The molecule has 0 aromatic carbocycles. The fourth-order valence-electron chi connectivity index (χ4n) is 1.71. The molecule has 0 saturated carbocycles. The molecular weight excluding hydrogens is 272 g/mol. The predicted octanol–water partition coefficient (Wildman–Crippen LogP) is -1.23. The van der Waals surface area contributed by atoms with Crippen molar-refractivity contribution in [1.29, 1.82) is 0 Å². The maximum absolute atomic E-state index is 12.4. The van der Waals surface area contributed by atoms with Crippen molar-refractivity contribution in [3.8, 4) is 0 Å². The number of nitrogens with one attached hydrogen (secondary N) is 2. The lowest BCUT2D eigenvalue weighted by molar-refractivity contribution is -0.134. The molecular formula is C10H12N4O4S. The van der Waals surface area contributed by atoms with E-state index in [2.05, 4.69) is 10.3 Å². The Morgan fingerprint density at radius 1 is 1.32 bits per heavy atom. The molecule has 9 heteroatoms. The normalized spacial score (nSPS) is 17.1. The minimum absolute atomic E-state index is 0.0694. The van der Waals surface area contributed by atoms with Crippen LogP contribution in [0.1, 0.15) is 0 Å². The maximum Gasteiger partial charge on any atom is 0.247 e. The molecule has 102 valence electrons. The Labute approximate surface area is 109 Å². The quantitative estimate of drug-likeness (QED) is 0.673. The van der Waals surface area contributed by atoms with Crippen molar-refractivity contribution < 1.29 is 18.0 Å². The zero-order valence-corrected chi connectivity index (χ0v) is 10.9. The van der Waals surface area contributed by atoms with Gasteiger partial charge in [-0.15, -0.1) is 0 Å². The maximum atomic E-state index is 12.4. The van der Waals surface area contributed by atoms with Crippen molar-refractivity contribution in [2.24, 2.45) is 0 Å². The highest BCUT2D eigenvalue weighted by Gasteiger charge is 2.34. The Kier molecular flexibility index (Phi) is 3.49. The van der Waals surface area contributed by atoms with Crippen molar-refractivity contribution in [2.45, 2.75) is 4.90 Å². The van der Waals surface area contributed by atoms with E-state index >= 15 is 0 Å². The van der Waals surface area contributed by atoms with Gasteiger partial charge in [-0.1, -0.05) is 0 Å². The van der Waals surface area contributed by atoms with Crippen molar-refractivity contribution in [3.05, 3.63) is 18.3 Å². The summed E-state index contributed by atoms with van der Waals surface area (Å²) in [5, 5.41) is 4.71. The van der Waals surface area contributed by atoms with Crippen LogP contribution in [0.3, 0.4) is 0 Å². The molecule has 1 fully saturated rings. The third-order valence-corrected chi connectivity index (χ3v) is 4.37.